The molecule has 0 saturated heterocycles. The summed E-state index contributed by atoms with van der Waals surface area (Å²) >= 11 is 6.17. The van der Waals surface area contributed by atoms with Crippen LogP contribution in [0.15, 0.2) is 47.4 Å². The first-order valence-electron chi connectivity index (χ1n) is 6.43. The molecule has 2 aromatic rings. The maximum atomic E-state index is 11.4. The van der Waals surface area contributed by atoms with Gasteiger partial charge in [0.2, 0.25) is 10.0 Å². The van der Waals surface area contributed by atoms with Gasteiger partial charge in [-0.3, -0.25) is 0 Å². The summed E-state index contributed by atoms with van der Waals surface area (Å²) < 4.78 is 22.9. The van der Waals surface area contributed by atoms with Gasteiger partial charge in [-0.15, -0.1) is 0 Å². The molecule has 0 spiro atoms. The van der Waals surface area contributed by atoms with Crippen molar-refractivity contribution in [3.05, 3.63) is 58.6 Å². The fraction of sp³-hybridized carbons (Fsp3) is 0.200. The van der Waals surface area contributed by atoms with Crippen molar-refractivity contribution in [3.8, 4) is 0 Å². The molecular formula is C15H17ClN2O2S. The summed E-state index contributed by atoms with van der Waals surface area (Å²) in [6.45, 7) is 3.86. The Morgan fingerprint density at radius 1 is 1.19 bits per heavy atom. The van der Waals surface area contributed by atoms with E-state index in [2.05, 4.69) is 5.32 Å². The van der Waals surface area contributed by atoms with Crippen LogP contribution in [0.25, 0.3) is 0 Å². The second-order valence-electron chi connectivity index (χ2n) is 4.91. The Labute approximate surface area is 130 Å². The summed E-state index contributed by atoms with van der Waals surface area (Å²) in [6.07, 6.45) is 0. The van der Waals surface area contributed by atoms with Crippen LogP contribution in [0.4, 0.5) is 5.69 Å². The topological polar surface area (TPSA) is 72.2 Å². The number of nitrogens with two attached hydrogens (primary N) is 1. The Hall–Kier alpha value is -1.56. The minimum absolute atomic E-state index is 0.0619. The minimum atomic E-state index is -3.72. The van der Waals surface area contributed by atoms with Crippen LogP contribution >= 0.6 is 11.6 Å². The van der Waals surface area contributed by atoms with Gasteiger partial charge in [0.05, 0.1) is 4.90 Å². The highest BCUT2D eigenvalue weighted by atomic mass is 35.5. The Kier molecular flexibility index (Phi) is 4.56. The summed E-state index contributed by atoms with van der Waals surface area (Å²) in [7, 11) is -3.72. The number of benzene rings is 2. The summed E-state index contributed by atoms with van der Waals surface area (Å²) in [4.78, 5) is 0.0851. The molecule has 6 heteroatoms. The lowest BCUT2D eigenvalue weighted by Crippen LogP contribution is -2.14. The van der Waals surface area contributed by atoms with Gasteiger partial charge in [0, 0.05) is 16.8 Å². The largest absolute Gasteiger partial charge is 0.378 e. The summed E-state index contributed by atoms with van der Waals surface area (Å²) in [5, 5.41) is 9.11. The van der Waals surface area contributed by atoms with E-state index >= 15 is 0 Å². The van der Waals surface area contributed by atoms with Gasteiger partial charge in [0.15, 0.2) is 0 Å². The van der Waals surface area contributed by atoms with Gasteiger partial charge in [-0.05, 0) is 43.2 Å². The van der Waals surface area contributed by atoms with Crippen molar-refractivity contribution in [1.82, 2.24) is 0 Å². The van der Waals surface area contributed by atoms with E-state index in [-0.39, 0.29) is 10.9 Å². The van der Waals surface area contributed by atoms with Crippen molar-refractivity contribution in [2.75, 3.05) is 5.32 Å². The molecule has 0 aliphatic heterocycles. The molecule has 0 aliphatic carbocycles. The number of nitrogens with one attached hydrogen (secondary N) is 1. The molecule has 0 bridgehead atoms. The van der Waals surface area contributed by atoms with Crippen LogP contribution in [-0.4, -0.2) is 8.42 Å². The van der Waals surface area contributed by atoms with E-state index in [9.17, 15) is 8.42 Å². The molecule has 112 valence electrons. The van der Waals surface area contributed by atoms with E-state index in [1.807, 2.05) is 38.1 Å². The first-order chi connectivity index (χ1) is 9.79. The van der Waals surface area contributed by atoms with Crippen LogP contribution in [0.3, 0.4) is 0 Å². The Morgan fingerprint density at radius 2 is 1.86 bits per heavy atom. The van der Waals surface area contributed by atoms with Crippen LogP contribution in [0.1, 0.15) is 24.1 Å². The van der Waals surface area contributed by atoms with Crippen molar-refractivity contribution in [1.29, 1.82) is 0 Å². The van der Waals surface area contributed by atoms with Crippen LogP contribution in [0.5, 0.6) is 0 Å². The minimum Gasteiger partial charge on any atom is -0.378 e. The second kappa shape index (κ2) is 6.05. The number of primary sulfonamides is 1. The van der Waals surface area contributed by atoms with E-state index in [1.165, 1.54) is 12.1 Å². The molecule has 0 aliphatic rings. The lowest BCUT2D eigenvalue weighted by molar-refractivity contribution is 0.598. The van der Waals surface area contributed by atoms with E-state index in [1.54, 1.807) is 6.07 Å². The SMILES string of the molecule is Cc1ccc(S(N)(=O)=O)cc1NC(C)c1ccccc1Cl. The van der Waals surface area contributed by atoms with Crippen LogP contribution < -0.4 is 10.5 Å². The molecule has 2 aromatic carbocycles. The van der Waals surface area contributed by atoms with Gasteiger partial charge < -0.3 is 5.32 Å². The first-order valence-corrected chi connectivity index (χ1v) is 8.36. The molecule has 0 radical (unpaired) electrons. The molecule has 2 rings (SSSR count). The second-order valence-corrected chi connectivity index (χ2v) is 6.88. The van der Waals surface area contributed by atoms with E-state index in [0.717, 1.165) is 11.1 Å². The fourth-order valence-corrected chi connectivity index (χ4v) is 2.91. The molecule has 0 heterocycles. The third-order valence-electron chi connectivity index (χ3n) is 3.28. The number of hydrogen-bond donors (Lipinski definition) is 2. The van der Waals surface area contributed by atoms with Crippen LogP contribution in [0, 0.1) is 6.92 Å². The Balaban J connectivity index is 2.33. The average Bonchev–Trinajstić information content (AvgIpc) is 2.40. The third kappa shape index (κ3) is 3.75. The average molecular weight is 325 g/mol. The number of rotatable bonds is 4. The summed E-state index contributed by atoms with van der Waals surface area (Å²) in [5.74, 6) is 0. The third-order valence-corrected chi connectivity index (χ3v) is 4.54. The van der Waals surface area contributed by atoms with Gasteiger partial charge in [-0.1, -0.05) is 35.9 Å². The molecule has 0 saturated carbocycles. The number of anilines is 1. The zero-order valence-corrected chi connectivity index (χ0v) is 13.4. The zero-order valence-electron chi connectivity index (χ0n) is 11.8. The lowest BCUT2D eigenvalue weighted by atomic mass is 10.1. The quantitative estimate of drug-likeness (QED) is 0.904. The van der Waals surface area contributed by atoms with Crippen molar-refractivity contribution in [3.63, 3.8) is 0 Å². The number of hydrogen-bond acceptors (Lipinski definition) is 3. The first kappa shape index (κ1) is 15.8. The summed E-state index contributed by atoms with van der Waals surface area (Å²) in [6, 6.07) is 12.2. The zero-order chi connectivity index (χ0) is 15.6. The Bertz CT molecular complexity index is 760. The molecule has 1 atom stereocenters. The predicted octanol–water partition coefficient (Wildman–Crippen LogP) is 3.47. The monoisotopic (exact) mass is 324 g/mol. The van der Waals surface area contributed by atoms with Crippen molar-refractivity contribution < 1.29 is 8.42 Å². The van der Waals surface area contributed by atoms with Crippen LogP contribution in [-0.2, 0) is 10.0 Å². The number of aryl methyl sites for hydroxylation is 1. The van der Waals surface area contributed by atoms with E-state index in [4.69, 9.17) is 16.7 Å². The van der Waals surface area contributed by atoms with E-state index < -0.39 is 10.0 Å². The fourth-order valence-electron chi connectivity index (χ4n) is 2.07. The van der Waals surface area contributed by atoms with Crippen LogP contribution in [0.2, 0.25) is 5.02 Å². The Morgan fingerprint density at radius 3 is 2.48 bits per heavy atom. The highest BCUT2D eigenvalue weighted by molar-refractivity contribution is 7.89. The molecule has 1 unspecified atom stereocenters. The molecule has 0 amide bonds. The molecule has 21 heavy (non-hydrogen) atoms. The maximum Gasteiger partial charge on any atom is 0.238 e. The standard InChI is InChI=1S/C15H17ClN2O2S/c1-10-7-8-12(21(17,19)20)9-15(10)18-11(2)13-5-3-4-6-14(13)16/h3-9,11,18H,1-2H3,(H2,17,19,20). The predicted molar refractivity (Wildman–Crippen MR) is 86.0 cm³/mol. The number of halogens is 1. The molecule has 0 aromatic heterocycles. The van der Waals surface area contributed by atoms with Gasteiger partial charge in [0.1, 0.15) is 0 Å². The van der Waals surface area contributed by atoms with Gasteiger partial charge in [0.25, 0.3) is 0 Å². The smallest absolute Gasteiger partial charge is 0.238 e. The van der Waals surface area contributed by atoms with Crippen molar-refractivity contribution >= 4 is 27.3 Å². The molecular weight excluding hydrogens is 308 g/mol. The normalized spacial score (nSPS) is 13.0. The van der Waals surface area contributed by atoms with Crippen molar-refractivity contribution in [2.45, 2.75) is 24.8 Å². The van der Waals surface area contributed by atoms with Gasteiger partial charge in [-0.2, -0.15) is 0 Å². The molecule has 4 nitrogen and oxygen atoms in total. The highest BCUT2D eigenvalue weighted by Gasteiger charge is 2.13. The van der Waals surface area contributed by atoms with Gasteiger partial charge >= 0.3 is 0 Å². The molecule has 0 fully saturated rings. The highest BCUT2D eigenvalue weighted by Crippen LogP contribution is 2.28. The lowest BCUT2D eigenvalue weighted by Gasteiger charge is -2.19. The van der Waals surface area contributed by atoms with Crippen molar-refractivity contribution in [2.24, 2.45) is 5.14 Å². The van der Waals surface area contributed by atoms with Gasteiger partial charge in [-0.25, -0.2) is 13.6 Å². The number of sulfonamides is 1. The van der Waals surface area contributed by atoms with E-state index in [0.29, 0.717) is 10.7 Å². The molecule has 3 N–H and O–H groups in total. The summed E-state index contributed by atoms with van der Waals surface area (Å²) in [5.41, 5.74) is 2.59. The maximum absolute atomic E-state index is 11.4.